The lowest BCUT2D eigenvalue weighted by Crippen LogP contribution is -2.33. The zero-order chi connectivity index (χ0) is 10.1. The van der Waals surface area contributed by atoms with E-state index in [9.17, 15) is 9.59 Å². The fourth-order valence-electron chi connectivity index (χ4n) is 1.68. The third kappa shape index (κ3) is 1.57. The minimum Gasteiger partial charge on any atom is -0.338 e. The van der Waals surface area contributed by atoms with Crippen molar-refractivity contribution in [1.82, 2.24) is 4.90 Å². The molecule has 0 bridgehead atoms. The predicted octanol–water partition coefficient (Wildman–Crippen LogP) is 1.47. The standard InChI is InChI=1S/C10H11NO2S/c1-7(13)11-3-2-10-8(5-11)4-9(6-12)14-10/h4,6H,2-3,5H2,1H3. The first-order valence-corrected chi connectivity index (χ1v) is 5.34. The molecule has 2 rings (SSSR count). The quantitative estimate of drug-likeness (QED) is 0.657. The van der Waals surface area contributed by atoms with Crippen LogP contribution in [0.1, 0.15) is 27.0 Å². The summed E-state index contributed by atoms with van der Waals surface area (Å²) >= 11 is 1.54. The first-order chi connectivity index (χ1) is 6.70. The maximum atomic E-state index is 11.1. The minimum atomic E-state index is 0.106. The largest absolute Gasteiger partial charge is 0.338 e. The van der Waals surface area contributed by atoms with Crippen LogP contribution < -0.4 is 0 Å². The van der Waals surface area contributed by atoms with Gasteiger partial charge in [0.05, 0.1) is 4.88 Å². The van der Waals surface area contributed by atoms with Crippen LogP contribution in [0, 0.1) is 0 Å². The van der Waals surface area contributed by atoms with E-state index in [1.54, 1.807) is 18.3 Å². The highest BCUT2D eigenvalue weighted by Crippen LogP contribution is 2.27. The lowest BCUT2D eigenvalue weighted by molar-refractivity contribution is -0.129. The molecule has 1 aliphatic rings. The number of amides is 1. The molecule has 1 aromatic heterocycles. The Balaban J connectivity index is 2.25. The average Bonchev–Trinajstić information content (AvgIpc) is 2.58. The second-order valence-corrected chi connectivity index (χ2v) is 4.57. The zero-order valence-corrected chi connectivity index (χ0v) is 8.76. The monoisotopic (exact) mass is 209 g/mol. The molecule has 0 saturated heterocycles. The molecule has 0 spiro atoms. The van der Waals surface area contributed by atoms with Gasteiger partial charge in [0.25, 0.3) is 0 Å². The van der Waals surface area contributed by atoms with Crippen molar-refractivity contribution in [3.05, 3.63) is 21.4 Å². The van der Waals surface area contributed by atoms with Crippen molar-refractivity contribution in [2.45, 2.75) is 19.9 Å². The topological polar surface area (TPSA) is 37.4 Å². The number of hydrogen-bond acceptors (Lipinski definition) is 3. The van der Waals surface area contributed by atoms with E-state index in [1.807, 2.05) is 11.0 Å². The van der Waals surface area contributed by atoms with Gasteiger partial charge in [-0.15, -0.1) is 11.3 Å². The summed E-state index contributed by atoms with van der Waals surface area (Å²) in [6.45, 7) is 3.02. The van der Waals surface area contributed by atoms with E-state index in [4.69, 9.17) is 0 Å². The van der Waals surface area contributed by atoms with Crippen molar-refractivity contribution in [2.75, 3.05) is 6.54 Å². The van der Waals surface area contributed by atoms with Crippen LogP contribution in [0.2, 0.25) is 0 Å². The van der Waals surface area contributed by atoms with Gasteiger partial charge in [-0.1, -0.05) is 0 Å². The number of hydrogen-bond donors (Lipinski definition) is 0. The molecule has 4 heteroatoms. The number of carbonyl (C=O) groups excluding carboxylic acids is 2. The summed E-state index contributed by atoms with van der Waals surface area (Å²) in [6.07, 6.45) is 1.76. The number of thiophene rings is 1. The molecule has 2 heterocycles. The van der Waals surface area contributed by atoms with Crippen LogP contribution in [0.4, 0.5) is 0 Å². The van der Waals surface area contributed by atoms with E-state index in [0.717, 1.165) is 29.7 Å². The molecule has 1 aliphatic heterocycles. The summed E-state index contributed by atoms with van der Waals surface area (Å²) in [5, 5.41) is 0. The Hall–Kier alpha value is -1.16. The lowest BCUT2D eigenvalue weighted by atomic mass is 10.1. The Kier molecular flexibility index (Phi) is 2.37. The van der Waals surface area contributed by atoms with Crippen molar-refractivity contribution < 1.29 is 9.59 Å². The highest BCUT2D eigenvalue weighted by atomic mass is 32.1. The number of fused-ring (bicyclic) bond motifs is 1. The first-order valence-electron chi connectivity index (χ1n) is 4.53. The van der Waals surface area contributed by atoms with E-state index in [-0.39, 0.29) is 5.91 Å². The molecule has 0 atom stereocenters. The fourth-order valence-corrected chi connectivity index (χ4v) is 2.66. The highest BCUT2D eigenvalue weighted by molar-refractivity contribution is 7.13. The predicted molar refractivity (Wildman–Crippen MR) is 54.5 cm³/mol. The van der Waals surface area contributed by atoms with Crippen molar-refractivity contribution in [3.8, 4) is 0 Å². The molecule has 0 N–H and O–H groups in total. The van der Waals surface area contributed by atoms with Crippen LogP contribution in [0.5, 0.6) is 0 Å². The van der Waals surface area contributed by atoms with Gasteiger partial charge in [0, 0.05) is 24.9 Å². The summed E-state index contributed by atoms with van der Waals surface area (Å²) in [7, 11) is 0. The molecule has 0 saturated carbocycles. The second kappa shape index (κ2) is 3.53. The number of aldehydes is 1. The Morgan fingerprint density at radius 3 is 3.07 bits per heavy atom. The molecule has 0 unspecified atom stereocenters. The SMILES string of the molecule is CC(=O)N1CCc2sc(C=O)cc2C1. The maximum Gasteiger partial charge on any atom is 0.219 e. The van der Waals surface area contributed by atoms with Crippen LogP contribution >= 0.6 is 11.3 Å². The van der Waals surface area contributed by atoms with E-state index >= 15 is 0 Å². The lowest BCUT2D eigenvalue weighted by Gasteiger charge is -2.25. The summed E-state index contributed by atoms with van der Waals surface area (Å²) in [5.74, 6) is 0.106. The molecular weight excluding hydrogens is 198 g/mol. The van der Waals surface area contributed by atoms with Gasteiger partial charge in [-0.25, -0.2) is 0 Å². The summed E-state index contributed by atoms with van der Waals surface area (Å²) in [5.41, 5.74) is 1.14. The van der Waals surface area contributed by atoms with Gasteiger partial charge < -0.3 is 4.90 Å². The van der Waals surface area contributed by atoms with Crippen molar-refractivity contribution in [3.63, 3.8) is 0 Å². The van der Waals surface area contributed by atoms with Crippen molar-refractivity contribution >= 4 is 23.5 Å². The molecule has 1 amide bonds. The number of carbonyl (C=O) groups is 2. The van der Waals surface area contributed by atoms with Crippen molar-refractivity contribution in [2.24, 2.45) is 0 Å². The smallest absolute Gasteiger partial charge is 0.219 e. The third-order valence-electron chi connectivity index (χ3n) is 2.45. The number of nitrogens with zero attached hydrogens (tertiary/aromatic N) is 1. The highest BCUT2D eigenvalue weighted by Gasteiger charge is 2.20. The van der Waals surface area contributed by atoms with Crippen LogP contribution in [0.25, 0.3) is 0 Å². The van der Waals surface area contributed by atoms with Gasteiger partial charge in [-0.05, 0) is 18.1 Å². The van der Waals surface area contributed by atoms with Crippen LogP contribution in [0.3, 0.4) is 0 Å². The third-order valence-corrected chi connectivity index (χ3v) is 3.61. The normalized spacial score (nSPS) is 15.1. The molecular formula is C10H11NO2S. The van der Waals surface area contributed by atoms with Gasteiger partial charge >= 0.3 is 0 Å². The van der Waals surface area contributed by atoms with Crippen LogP contribution in [0.15, 0.2) is 6.07 Å². The fraction of sp³-hybridized carbons (Fsp3) is 0.400. The molecule has 1 aromatic rings. The second-order valence-electron chi connectivity index (χ2n) is 3.41. The zero-order valence-electron chi connectivity index (χ0n) is 7.95. The molecule has 0 radical (unpaired) electrons. The van der Waals surface area contributed by atoms with Crippen LogP contribution in [-0.2, 0) is 17.8 Å². The van der Waals surface area contributed by atoms with Gasteiger partial charge in [-0.2, -0.15) is 0 Å². The Morgan fingerprint density at radius 1 is 1.64 bits per heavy atom. The number of rotatable bonds is 1. The maximum absolute atomic E-state index is 11.1. The first kappa shape index (κ1) is 9.40. The molecule has 0 fully saturated rings. The van der Waals surface area contributed by atoms with Crippen molar-refractivity contribution in [1.29, 1.82) is 0 Å². The van der Waals surface area contributed by atoms with Gasteiger partial charge in [0.1, 0.15) is 0 Å². The van der Waals surface area contributed by atoms with E-state index in [2.05, 4.69) is 0 Å². The Labute approximate surface area is 86.3 Å². The van der Waals surface area contributed by atoms with Gasteiger partial charge in [0.15, 0.2) is 6.29 Å². The van der Waals surface area contributed by atoms with E-state index < -0.39 is 0 Å². The Bertz CT molecular complexity index is 383. The molecule has 14 heavy (non-hydrogen) atoms. The molecule has 0 aliphatic carbocycles. The van der Waals surface area contributed by atoms with Gasteiger partial charge in [-0.3, -0.25) is 9.59 Å². The average molecular weight is 209 g/mol. The molecule has 3 nitrogen and oxygen atoms in total. The van der Waals surface area contributed by atoms with Gasteiger partial charge in [0.2, 0.25) is 5.91 Å². The molecule has 0 aromatic carbocycles. The van der Waals surface area contributed by atoms with E-state index in [1.165, 1.54) is 4.88 Å². The van der Waals surface area contributed by atoms with E-state index in [0.29, 0.717) is 6.54 Å². The summed E-state index contributed by atoms with van der Waals surface area (Å²) in [4.78, 5) is 25.5. The summed E-state index contributed by atoms with van der Waals surface area (Å²) in [6, 6.07) is 1.89. The summed E-state index contributed by atoms with van der Waals surface area (Å²) < 4.78 is 0. The van der Waals surface area contributed by atoms with Crippen LogP contribution in [-0.4, -0.2) is 23.6 Å². The minimum absolute atomic E-state index is 0.106. The molecule has 74 valence electrons. The Morgan fingerprint density at radius 2 is 2.43 bits per heavy atom.